The van der Waals surface area contributed by atoms with Crippen molar-refractivity contribution >= 4 is 30.1 Å². The van der Waals surface area contributed by atoms with Crippen LogP contribution in [-0.4, -0.2) is 23.7 Å². The molecule has 134 valence electrons. The molecule has 2 bridgehead atoms. The molecular weight excluding hydrogens is 340 g/mol. The number of hydrogen-bond donors (Lipinski definition) is 2. The molecule has 2 fully saturated rings. The molecule has 1 aromatic rings. The highest BCUT2D eigenvalue weighted by Gasteiger charge is 2.34. The van der Waals surface area contributed by atoms with Gasteiger partial charge in [-0.3, -0.25) is 4.79 Å². The lowest BCUT2D eigenvalue weighted by atomic mass is 9.89. The van der Waals surface area contributed by atoms with Crippen LogP contribution in [-0.2, 0) is 4.79 Å². The van der Waals surface area contributed by atoms with E-state index in [9.17, 15) is 4.79 Å². The van der Waals surface area contributed by atoms with Crippen LogP contribution in [0.1, 0.15) is 57.6 Å². The number of carbonyl (C=O) groups is 1. The van der Waals surface area contributed by atoms with Crippen molar-refractivity contribution in [1.29, 1.82) is 0 Å². The second-order valence-corrected chi connectivity index (χ2v) is 8.31. The Morgan fingerprint density at radius 2 is 1.88 bits per heavy atom. The van der Waals surface area contributed by atoms with E-state index in [2.05, 4.69) is 48.7 Å². The molecule has 0 saturated carbocycles. The number of rotatable bonds is 6. The average molecular weight is 369 g/mol. The Morgan fingerprint density at radius 1 is 1.25 bits per heavy atom. The number of nitrogens with one attached hydrogen (secondary N) is 2. The van der Waals surface area contributed by atoms with Crippen LogP contribution in [0.2, 0.25) is 0 Å². The third-order valence-electron chi connectivity index (χ3n) is 5.11. The fourth-order valence-corrected chi connectivity index (χ4v) is 4.67. The summed E-state index contributed by atoms with van der Waals surface area (Å²) in [5.41, 5.74) is 1.18. The maximum absolute atomic E-state index is 12.4. The van der Waals surface area contributed by atoms with Gasteiger partial charge in [-0.2, -0.15) is 0 Å². The van der Waals surface area contributed by atoms with Crippen molar-refractivity contribution in [3.8, 4) is 0 Å². The molecule has 2 aliphatic rings. The fraction of sp³-hybridized carbons (Fsp3) is 0.632. The molecule has 2 saturated heterocycles. The predicted molar refractivity (Wildman–Crippen MR) is 104 cm³/mol. The molecule has 2 heterocycles. The number of piperidine rings is 1. The van der Waals surface area contributed by atoms with Crippen molar-refractivity contribution in [2.75, 3.05) is 5.75 Å². The third-order valence-corrected chi connectivity index (χ3v) is 6.01. The molecule has 3 nitrogen and oxygen atoms in total. The molecular formula is C19H29ClN2OS. The van der Waals surface area contributed by atoms with Crippen molar-refractivity contribution in [2.45, 2.75) is 69.0 Å². The van der Waals surface area contributed by atoms with E-state index in [1.165, 1.54) is 36.1 Å². The van der Waals surface area contributed by atoms with Crippen LogP contribution in [0.25, 0.3) is 0 Å². The highest BCUT2D eigenvalue weighted by atomic mass is 35.5. The first-order chi connectivity index (χ1) is 11.1. The summed E-state index contributed by atoms with van der Waals surface area (Å²) < 4.78 is 0. The van der Waals surface area contributed by atoms with Crippen molar-refractivity contribution in [1.82, 2.24) is 10.6 Å². The van der Waals surface area contributed by atoms with Gasteiger partial charge in [0.15, 0.2) is 0 Å². The van der Waals surface area contributed by atoms with Gasteiger partial charge in [0.2, 0.25) is 5.91 Å². The van der Waals surface area contributed by atoms with Gasteiger partial charge in [-0.05, 0) is 62.0 Å². The monoisotopic (exact) mass is 368 g/mol. The number of amides is 1. The van der Waals surface area contributed by atoms with E-state index >= 15 is 0 Å². The zero-order valence-electron chi connectivity index (χ0n) is 14.6. The van der Waals surface area contributed by atoms with Crippen LogP contribution < -0.4 is 10.6 Å². The second-order valence-electron chi connectivity index (χ2n) is 6.97. The molecule has 0 radical (unpaired) electrons. The minimum Gasteiger partial charge on any atom is -0.350 e. The molecule has 2 N–H and O–H groups in total. The zero-order valence-corrected chi connectivity index (χ0v) is 16.2. The molecule has 1 amide bonds. The van der Waals surface area contributed by atoms with Crippen molar-refractivity contribution < 1.29 is 4.79 Å². The Morgan fingerprint density at radius 3 is 2.46 bits per heavy atom. The third kappa shape index (κ3) is 5.14. The molecule has 0 aliphatic carbocycles. The van der Waals surface area contributed by atoms with E-state index in [1.807, 2.05) is 11.8 Å². The lowest BCUT2D eigenvalue weighted by molar-refractivity contribution is -0.122. The van der Waals surface area contributed by atoms with Crippen LogP contribution in [0.5, 0.6) is 0 Å². The van der Waals surface area contributed by atoms with Gasteiger partial charge in [0.25, 0.3) is 0 Å². The van der Waals surface area contributed by atoms with Crippen LogP contribution in [0.4, 0.5) is 0 Å². The summed E-state index contributed by atoms with van der Waals surface area (Å²) in [5.74, 6) is 1.85. The van der Waals surface area contributed by atoms with Crippen molar-refractivity contribution in [3.05, 3.63) is 29.8 Å². The topological polar surface area (TPSA) is 41.1 Å². The van der Waals surface area contributed by atoms with Gasteiger partial charge in [0, 0.05) is 23.4 Å². The number of fused-ring (bicyclic) bond motifs is 2. The Labute approximate surface area is 156 Å². The minimum atomic E-state index is 0. The maximum atomic E-state index is 12.4. The lowest BCUT2D eigenvalue weighted by Gasteiger charge is -2.29. The molecule has 2 aliphatic heterocycles. The summed E-state index contributed by atoms with van der Waals surface area (Å²) in [6.07, 6.45) is 5.61. The summed E-state index contributed by atoms with van der Waals surface area (Å²) in [6, 6.07) is 9.97. The van der Waals surface area contributed by atoms with E-state index in [-0.39, 0.29) is 24.4 Å². The first kappa shape index (κ1) is 19.6. The van der Waals surface area contributed by atoms with E-state index in [4.69, 9.17) is 0 Å². The summed E-state index contributed by atoms with van der Waals surface area (Å²) in [7, 11) is 0. The van der Waals surface area contributed by atoms with Gasteiger partial charge in [0.05, 0.1) is 6.04 Å². The van der Waals surface area contributed by atoms with Gasteiger partial charge in [-0.1, -0.05) is 19.1 Å². The normalized spacial score (nSPS) is 26.5. The van der Waals surface area contributed by atoms with Crippen molar-refractivity contribution in [3.63, 3.8) is 0 Å². The SMILES string of the molecule is CCSc1ccc(C(C)NC(=O)CC2CC3CCC(C2)N3)cc1.Cl. The molecule has 3 atom stereocenters. The smallest absolute Gasteiger partial charge is 0.220 e. The number of carbonyl (C=O) groups excluding carboxylic acids is 1. The standard InChI is InChI=1S/C19H28N2OS.ClH/c1-3-23-18-8-4-15(5-9-18)13(2)20-19(22)12-14-10-16-6-7-17(11-14)21-16;/h4-5,8-9,13-14,16-17,21H,3,6-7,10-12H2,1-2H3,(H,20,22);1H. The fourth-order valence-electron chi connectivity index (χ4n) is 4.01. The Hall–Kier alpha value is -0.710. The molecule has 5 heteroatoms. The van der Waals surface area contributed by atoms with Gasteiger partial charge in [-0.15, -0.1) is 24.2 Å². The maximum Gasteiger partial charge on any atom is 0.220 e. The molecule has 0 aromatic heterocycles. The van der Waals surface area contributed by atoms with Crippen LogP contribution in [0, 0.1) is 5.92 Å². The van der Waals surface area contributed by atoms with E-state index < -0.39 is 0 Å². The number of benzene rings is 1. The lowest BCUT2D eigenvalue weighted by Crippen LogP contribution is -2.40. The number of halogens is 1. The van der Waals surface area contributed by atoms with Crippen LogP contribution in [0.3, 0.4) is 0 Å². The summed E-state index contributed by atoms with van der Waals surface area (Å²) in [4.78, 5) is 13.7. The van der Waals surface area contributed by atoms with Gasteiger partial charge >= 0.3 is 0 Å². The Kier molecular flexibility index (Phi) is 7.45. The molecule has 0 spiro atoms. The van der Waals surface area contributed by atoms with Gasteiger partial charge in [0.1, 0.15) is 0 Å². The number of thioether (sulfide) groups is 1. The van der Waals surface area contributed by atoms with Crippen LogP contribution in [0.15, 0.2) is 29.2 Å². The molecule has 3 rings (SSSR count). The van der Waals surface area contributed by atoms with Gasteiger partial charge in [-0.25, -0.2) is 0 Å². The number of hydrogen-bond acceptors (Lipinski definition) is 3. The Balaban J connectivity index is 0.00000208. The van der Waals surface area contributed by atoms with Crippen LogP contribution >= 0.6 is 24.2 Å². The van der Waals surface area contributed by atoms with E-state index in [1.54, 1.807) is 0 Å². The van der Waals surface area contributed by atoms with E-state index in [0.29, 0.717) is 24.4 Å². The molecule has 1 aromatic carbocycles. The largest absolute Gasteiger partial charge is 0.350 e. The highest BCUT2D eigenvalue weighted by Crippen LogP contribution is 2.32. The zero-order chi connectivity index (χ0) is 16.2. The average Bonchev–Trinajstić information content (AvgIpc) is 2.87. The molecule has 24 heavy (non-hydrogen) atoms. The molecule has 3 unspecified atom stereocenters. The summed E-state index contributed by atoms with van der Waals surface area (Å²) in [5, 5.41) is 6.82. The quantitative estimate of drug-likeness (QED) is 0.735. The predicted octanol–water partition coefficient (Wildman–Crippen LogP) is 4.32. The van der Waals surface area contributed by atoms with Crippen molar-refractivity contribution in [2.24, 2.45) is 5.92 Å². The first-order valence-electron chi connectivity index (χ1n) is 8.92. The summed E-state index contributed by atoms with van der Waals surface area (Å²) in [6.45, 7) is 4.24. The summed E-state index contributed by atoms with van der Waals surface area (Å²) >= 11 is 1.85. The highest BCUT2D eigenvalue weighted by molar-refractivity contribution is 7.99. The van der Waals surface area contributed by atoms with E-state index in [0.717, 1.165) is 5.75 Å². The Bertz CT molecular complexity index is 525. The second kappa shape index (κ2) is 9.12. The van der Waals surface area contributed by atoms with Gasteiger partial charge < -0.3 is 10.6 Å². The minimum absolute atomic E-state index is 0. The first-order valence-corrected chi connectivity index (χ1v) is 9.90.